The van der Waals surface area contributed by atoms with Gasteiger partial charge in [0.25, 0.3) is 0 Å². The molecule has 2 amide bonds. The molecule has 0 saturated carbocycles. The molecule has 3 rings (SSSR count). The average molecular weight is 603 g/mol. The number of nitrogens with one attached hydrogen (secondary N) is 2. The molecule has 0 bridgehead atoms. The first kappa shape index (κ1) is 26.4. The second kappa shape index (κ2) is 13.1. The van der Waals surface area contributed by atoms with Gasteiger partial charge in [0.1, 0.15) is 6.61 Å². The van der Waals surface area contributed by atoms with Crippen LogP contribution in [-0.2, 0) is 16.2 Å². The summed E-state index contributed by atoms with van der Waals surface area (Å²) in [6, 6.07) is 18.9. The summed E-state index contributed by atoms with van der Waals surface area (Å²) in [7, 11) is 1.55. The van der Waals surface area contributed by atoms with Crippen LogP contribution in [0.15, 0.2) is 74.7 Å². The summed E-state index contributed by atoms with van der Waals surface area (Å²) >= 11 is 6.93. The van der Waals surface area contributed by atoms with Crippen LogP contribution in [0.2, 0.25) is 0 Å². The number of ether oxygens (including phenoxy) is 2. The van der Waals surface area contributed by atoms with Gasteiger partial charge in [0.2, 0.25) is 11.8 Å². The smallest absolute Gasteiger partial charge is 0.240 e. The Morgan fingerprint density at radius 2 is 1.71 bits per heavy atom. The van der Waals surface area contributed by atoms with Gasteiger partial charge < -0.3 is 14.8 Å². The first-order valence-corrected chi connectivity index (χ1v) is 12.4. The molecule has 35 heavy (non-hydrogen) atoms. The summed E-state index contributed by atoms with van der Waals surface area (Å²) in [5.74, 6) is 0.501. The largest absolute Gasteiger partial charge is 0.493 e. The van der Waals surface area contributed by atoms with E-state index in [4.69, 9.17) is 9.47 Å². The van der Waals surface area contributed by atoms with Crippen molar-refractivity contribution in [3.05, 3.63) is 86.3 Å². The quantitative estimate of drug-likeness (QED) is 0.221. The zero-order valence-electron chi connectivity index (χ0n) is 19.3. The molecule has 0 aromatic heterocycles. The highest BCUT2D eigenvalue weighted by atomic mass is 79.9. The van der Waals surface area contributed by atoms with Crippen LogP contribution in [0.25, 0.3) is 0 Å². The summed E-state index contributed by atoms with van der Waals surface area (Å²) in [5.41, 5.74) is 5.85. The van der Waals surface area contributed by atoms with E-state index in [9.17, 15) is 9.59 Å². The van der Waals surface area contributed by atoms with E-state index >= 15 is 0 Å². The van der Waals surface area contributed by atoms with Crippen LogP contribution in [0.5, 0.6) is 11.5 Å². The minimum atomic E-state index is -0.360. The maximum Gasteiger partial charge on any atom is 0.240 e. The third-order valence-corrected chi connectivity index (χ3v) is 6.07. The number of hydrazone groups is 1. The zero-order valence-corrected chi connectivity index (χ0v) is 22.5. The maximum absolute atomic E-state index is 12.1. The fourth-order valence-electron chi connectivity index (χ4n) is 3.08. The minimum absolute atomic E-state index is 0.0188. The van der Waals surface area contributed by atoms with E-state index in [0.717, 1.165) is 21.3 Å². The Bertz CT molecular complexity index is 1210. The number of halogens is 2. The molecule has 0 aliphatic carbocycles. The number of carbonyl (C=O) groups is 2. The molecule has 0 atom stereocenters. The molecule has 0 aliphatic rings. The summed E-state index contributed by atoms with van der Waals surface area (Å²) in [5, 5.41) is 6.79. The summed E-state index contributed by atoms with van der Waals surface area (Å²) in [6.07, 6.45) is 1.57. The van der Waals surface area contributed by atoms with Crippen LogP contribution in [0.3, 0.4) is 0 Å². The van der Waals surface area contributed by atoms with E-state index in [1.165, 1.54) is 6.21 Å². The monoisotopic (exact) mass is 601 g/mol. The summed E-state index contributed by atoms with van der Waals surface area (Å²) in [4.78, 5) is 24.2. The Morgan fingerprint density at radius 3 is 2.43 bits per heavy atom. The number of methoxy groups -OCH3 is 1. The van der Waals surface area contributed by atoms with Gasteiger partial charge in [0.05, 0.1) is 17.8 Å². The van der Waals surface area contributed by atoms with Crippen molar-refractivity contribution in [1.82, 2.24) is 5.43 Å². The first-order chi connectivity index (χ1) is 16.9. The van der Waals surface area contributed by atoms with Crippen LogP contribution in [0.1, 0.15) is 29.5 Å². The van der Waals surface area contributed by atoms with Crippen molar-refractivity contribution in [3.8, 4) is 11.5 Å². The minimum Gasteiger partial charge on any atom is -0.493 e. The predicted octanol–water partition coefficient (Wildman–Crippen LogP) is 5.98. The standard InChI is InChI=1S/C26H25Br2N3O4/c1-17-5-3-4-6-22(17)30-24(32)11-12-25(33)31-29-15-19-13-21(28)26(23(14-19)34-2)35-16-18-7-9-20(27)10-8-18/h3-10,13-15H,11-12,16H2,1-2H3,(H,30,32)(H,31,33). The SMILES string of the molecule is COc1cc(C=NNC(=O)CCC(=O)Nc2ccccc2C)cc(Br)c1OCc1ccc(Br)cc1. The third kappa shape index (κ3) is 8.22. The summed E-state index contributed by atoms with van der Waals surface area (Å²) < 4.78 is 13.1. The highest BCUT2D eigenvalue weighted by Gasteiger charge is 2.12. The number of carbonyl (C=O) groups excluding carboxylic acids is 2. The molecule has 0 fully saturated rings. The van der Waals surface area contributed by atoms with Gasteiger partial charge in [0, 0.05) is 23.0 Å². The zero-order chi connectivity index (χ0) is 25.2. The van der Waals surface area contributed by atoms with E-state index in [2.05, 4.69) is 47.7 Å². The lowest BCUT2D eigenvalue weighted by Gasteiger charge is -2.13. The van der Waals surface area contributed by atoms with Gasteiger partial charge in [-0.15, -0.1) is 0 Å². The van der Waals surface area contributed by atoms with Gasteiger partial charge in [-0.2, -0.15) is 5.10 Å². The van der Waals surface area contributed by atoms with Crippen LogP contribution in [-0.4, -0.2) is 25.1 Å². The number of rotatable bonds is 10. The molecule has 9 heteroatoms. The lowest BCUT2D eigenvalue weighted by molar-refractivity contribution is -0.124. The molecule has 7 nitrogen and oxygen atoms in total. The Labute approximate surface area is 221 Å². The molecule has 3 aromatic carbocycles. The summed E-state index contributed by atoms with van der Waals surface area (Å²) in [6.45, 7) is 2.29. The van der Waals surface area contributed by atoms with Crippen molar-refractivity contribution in [3.63, 3.8) is 0 Å². The third-order valence-electron chi connectivity index (χ3n) is 4.95. The normalized spacial score (nSPS) is 10.7. The average Bonchev–Trinajstić information content (AvgIpc) is 2.84. The fraction of sp³-hybridized carbons (Fsp3) is 0.192. The first-order valence-electron chi connectivity index (χ1n) is 10.8. The Morgan fingerprint density at radius 1 is 1.00 bits per heavy atom. The molecular weight excluding hydrogens is 578 g/mol. The van der Waals surface area contributed by atoms with E-state index in [1.807, 2.05) is 61.5 Å². The number of hydrogen-bond acceptors (Lipinski definition) is 5. The molecule has 3 aromatic rings. The van der Waals surface area contributed by atoms with E-state index < -0.39 is 0 Å². The second-order valence-corrected chi connectivity index (χ2v) is 9.38. The van der Waals surface area contributed by atoms with Crippen molar-refractivity contribution < 1.29 is 19.1 Å². The van der Waals surface area contributed by atoms with Crippen LogP contribution in [0.4, 0.5) is 5.69 Å². The molecular formula is C26H25Br2N3O4. The maximum atomic E-state index is 12.1. The van der Waals surface area contributed by atoms with Crippen molar-refractivity contribution in [1.29, 1.82) is 0 Å². The van der Waals surface area contributed by atoms with Crippen molar-refractivity contribution in [2.45, 2.75) is 26.4 Å². The van der Waals surface area contributed by atoms with Gasteiger partial charge in [-0.25, -0.2) is 5.43 Å². The van der Waals surface area contributed by atoms with Crippen LogP contribution < -0.4 is 20.2 Å². The lowest BCUT2D eigenvalue weighted by atomic mass is 10.2. The van der Waals surface area contributed by atoms with E-state index in [1.54, 1.807) is 13.2 Å². The van der Waals surface area contributed by atoms with Gasteiger partial charge in [0.15, 0.2) is 11.5 Å². The van der Waals surface area contributed by atoms with Crippen molar-refractivity contribution in [2.24, 2.45) is 5.10 Å². The Balaban J connectivity index is 1.52. The van der Waals surface area contributed by atoms with Crippen molar-refractivity contribution in [2.75, 3.05) is 12.4 Å². The van der Waals surface area contributed by atoms with Gasteiger partial charge in [-0.05, 0) is 69.9 Å². The topological polar surface area (TPSA) is 89.0 Å². The highest BCUT2D eigenvalue weighted by molar-refractivity contribution is 9.10. The van der Waals surface area contributed by atoms with Gasteiger partial charge in [-0.3, -0.25) is 9.59 Å². The predicted molar refractivity (Wildman–Crippen MR) is 144 cm³/mol. The Kier molecular flexibility index (Phi) is 9.86. The van der Waals surface area contributed by atoms with Crippen molar-refractivity contribution >= 4 is 55.6 Å². The second-order valence-electron chi connectivity index (χ2n) is 7.61. The highest BCUT2D eigenvalue weighted by Crippen LogP contribution is 2.37. The van der Waals surface area contributed by atoms with E-state index in [-0.39, 0.29) is 24.7 Å². The molecule has 182 valence electrons. The number of aryl methyl sites for hydroxylation is 1. The molecule has 0 unspecified atom stereocenters. The fourth-order valence-corrected chi connectivity index (χ4v) is 3.92. The van der Waals surface area contributed by atoms with Gasteiger partial charge in [-0.1, -0.05) is 46.3 Å². The molecule has 0 aliphatic heterocycles. The van der Waals surface area contributed by atoms with Gasteiger partial charge >= 0.3 is 0 Å². The number of benzene rings is 3. The number of para-hydroxylation sites is 1. The Hall–Kier alpha value is -3.17. The number of nitrogens with zero attached hydrogens (tertiary/aromatic N) is 1. The molecule has 0 spiro atoms. The number of amides is 2. The molecule has 0 saturated heterocycles. The molecule has 2 N–H and O–H groups in total. The number of anilines is 1. The molecule has 0 heterocycles. The lowest BCUT2D eigenvalue weighted by Crippen LogP contribution is -2.20. The van der Waals surface area contributed by atoms with Crippen LogP contribution >= 0.6 is 31.9 Å². The molecule has 0 radical (unpaired) electrons. The van der Waals surface area contributed by atoms with Crippen LogP contribution in [0, 0.1) is 6.92 Å². The number of hydrogen-bond donors (Lipinski definition) is 2. The van der Waals surface area contributed by atoms with E-state index in [0.29, 0.717) is 28.1 Å².